The molecule has 2 aliphatic heterocycles. The lowest BCUT2D eigenvalue weighted by Crippen LogP contribution is -2.50. The highest BCUT2D eigenvalue weighted by Gasteiger charge is 2.38. The van der Waals surface area contributed by atoms with Crippen LogP contribution in [0.3, 0.4) is 0 Å². The number of aliphatic hydroxyl groups is 1. The maximum Gasteiger partial charge on any atom is 0.247 e. The quantitative estimate of drug-likeness (QED) is 0.666. The molecular formula is C24H38N2O5S. The molecule has 0 aromatic heterocycles. The summed E-state index contributed by atoms with van der Waals surface area (Å²) in [6.45, 7) is 9.08. The molecule has 180 valence electrons. The molecule has 0 unspecified atom stereocenters. The van der Waals surface area contributed by atoms with Crippen LogP contribution in [0.5, 0.6) is 5.75 Å². The highest BCUT2D eigenvalue weighted by atomic mass is 32.2. The zero-order valence-corrected chi connectivity index (χ0v) is 20.6. The molecule has 1 aromatic rings. The highest BCUT2D eigenvalue weighted by molar-refractivity contribution is 7.89. The fraction of sp³-hybridized carbons (Fsp3) is 0.667. The molecule has 2 aliphatic rings. The Labute approximate surface area is 193 Å². The van der Waals surface area contributed by atoms with Gasteiger partial charge in [0, 0.05) is 44.8 Å². The number of sulfonamides is 1. The molecule has 0 spiro atoms. The number of hydrogen-bond acceptors (Lipinski definition) is 6. The van der Waals surface area contributed by atoms with Crippen molar-refractivity contribution in [3.63, 3.8) is 0 Å². The van der Waals surface area contributed by atoms with Crippen molar-refractivity contribution in [2.75, 3.05) is 46.5 Å². The van der Waals surface area contributed by atoms with Crippen molar-refractivity contribution in [1.82, 2.24) is 9.21 Å². The first-order chi connectivity index (χ1) is 15.3. The second-order valence-electron chi connectivity index (χ2n) is 9.22. The summed E-state index contributed by atoms with van der Waals surface area (Å²) in [4.78, 5) is 2.46. The lowest BCUT2D eigenvalue weighted by Gasteiger charge is -2.38. The van der Waals surface area contributed by atoms with Gasteiger partial charge in [0.25, 0.3) is 0 Å². The second-order valence-corrected chi connectivity index (χ2v) is 11.1. The summed E-state index contributed by atoms with van der Waals surface area (Å²) in [6, 6.07) is 4.71. The van der Waals surface area contributed by atoms with Gasteiger partial charge in [-0.05, 0) is 57.4 Å². The molecule has 3 rings (SSSR count). The lowest BCUT2D eigenvalue weighted by atomic mass is 9.98. The molecule has 1 fully saturated rings. The largest absolute Gasteiger partial charge is 0.487 e. The van der Waals surface area contributed by atoms with Crippen LogP contribution in [0.15, 0.2) is 29.2 Å². The molecule has 8 heteroatoms. The minimum Gasteiger partial charge on any atom is -0.487 e. The Morgan fingerprint density at radius 1 is 1.28 bits per heavy atom. The summed E-state index contributed by atoms with van der Waals surface area (Å²) < 4.78 is 40.3. The molecule has 7 nitrogen and oxygen atoms in total. The van der Waals surface area contributed by atoms with E-state index in [-0.39, 0.29) is 23.5 Å². The molecule has 0 amide bonds. The van der Waals surface area contributed by atoms with Crippen molar-refractivity contribution >= 4 is 16.1 Å². The highest BCUT2D eigenvalue weighted by Crippen LogP contribution is 2.34. The number of likely N-dealkylation sites (N-methyl/N-ethyl adjacent to an activating group) is 1. The van der Waals surface area contributed by atoms with Crippen LogP contribution in [0, 0.1) is 11.8 Å². The normalized spacial score (nSPS) is 25.8. The van der Waals surface area contributed by atoms with Crippen molar-refractivity contribution in [2.45, 2.75) is 50.7 Å². The molecule has 32 heavy (non-hydrogen) atoms. The van der Waals surface area contributed by atoms with E-state index in [4.69, 9.17) is 9.47 Å². The predicted molar refractivity (Wildman–Crippen MR) is 126 cm³/mol. The van der Waals surface area contributed by atoms with Gasteiger partial charge in [-0.2, -0.15) is 4.31 Å². The molecule has 0 aliphatic carbocycles. The number of nitrogens with zero attached hydrogens (tertiary/aromatic N) is 2. The van der Waals surface area contributed by atoms with Crippen molar-refractivity contribution in [3.05, 3.63) is 29.8 Å². The van der Waals surface area contributed by atoms with Gasteiger partial charge in [0.2, 0.25) is 10.0 Å². The maximum absolute atomic E-state index is 13.5. The maximum atomic E-state index is 13.5. The summed E-state index contributed by atoms with van der Waals surface area (Å²) in [5, 5.41) is 9.76. The smallest absolute Gasteiger partial charge is 0.247 e. The first kappa shape index (κ1) is 25.2. The number of ether oxygens (including phenoxy) is 2. The average molecular weight is 467 g/mol. The van der Waals surface area contributed by atoms with E-state index in [9.17, 15) is 13.5 Å². The molecule has 0 bridgehead atoms. The van der Waals surface area contributed by atoms with Gasteiger partial charge >= 0.3 is 0 Å². The van der Waals surface area contributed by atoms with Crippen LogP contribution >= 0.6 is 0 Å². The second kappa shape index (κ2) is 11.1. The molecule has 1 N–H and O–H groups in total. The van der Waals surface area contributed by atoms with E-state index in [2.05, 4.69) is 11.9 Å². The zero-order valence-electron chi connectivity index (χ0n) is 19.7. The van der Waals surface area contributed by atoms with Crippen LogP contribution in [0.2, 0.25) is 0 Å². The van der Waals surface area contributed by atoms with Crippen molar-refractivity contribution in [2.24, 2.45) is 11.8 Å². The number of allylic oxidation sites excluding steroid dienone is 1. The number of hydrogen-bond donors (Lipinski definition) is 1. The van der Waals surface area contributed by atoms with Gasteiger partial charge in [-0.25, -0.2) is 8.42 Å². The minimum atomic E-state index is -3.80. The van der Waals surface area contributed by atoms with E-state index in [1.54, 1.807) is 25.1 Å². The summed E-state index contributed by atoms with van der Waals surface area (Å²) in [5.41, 5.74) is 0.894. The van der Waals surface area contributed by atoms with E-state index in [0.717, 1.165) is 38.2 Å². The van der Waals surface area contributed by atoms with Crippen LogP contribution in [-0.2, 0) is 14.8 Å². The monoisotopic (exact) mass is 466 g/mol. The van der Waals surface area contributed by atoms with Crippen LogP contribution in [0.4, 0.5) is 0 Å². The van der Waals surface area contributed by atoms with Crippen molar-refractivity contribution in [1.29, 1.82) is 0 Å². The number of rotatable bonds is 7. The van der Waals surface area contributed by atoms with Crippen LogP contribution < -0.4 is 4.74 Å². The Bertz CT molecular complexity index is 882. The number of aliphatic hydroxyl groups excluding tert-OH is 1. The number of fused-ring (bicyclic) bond motifs is 1. The first-order valence-corrected chi connectivity index (χ1v) is 13.0. The Kier molecular flexibility index (Phi) is 8.75. The van der Waals surface area contributed by atoms with Crippen LogP contribution in [0.25, 0.3) is 6.08 Å². The summed E-state index contributed by atoms with van der Waals surface area (Å²) >= 11 is 0. The zero-order chi connectivity index (χ0) is 23.3. The first-order valence-electron chi connectivity index (χ1n) is 11.6. The van der Waals surface area contributed by atoms with Gasteiger partial charge < -0.3 is 19.5 Å². The number of benzene rings is 1. The van der Waals surface area contributed by atoms with Crippen molar-refractivity contribution < 1.29 is 23.0 Å². The fourth-order valence-corrected chi connectivity index (χ4v) is 6.33. The summed E-state index contributed by atoms with van der Waals surface area (Å²) in [7, 11) is -1.69. The molecule has 1 aromatic carbocycles. The Balaban J connectivity index is 1.91. The Hall–Kier alpha value is -1.45. The van der Waals surface area contributed by atoms with Crippen molar-refractivity contribution in [3.8, 4) is 5.75 Å². The predicted octanol–water partition coefficient (Wildman–Crippen LogP) is 2.85. The molecule has 0 radical (unpaired) electrons. The third-order valence-corrected chi connectivity index (χ3v) is 8.47. The third-order valence-electron chi connectivity index (χ3n) is 6.45. The topological polar surface area (TPSA) is 79.3 Å². The summed E-state index contributed by atoms with van der Waals surface area (Å²) in [5.74, 6) is 0.943. The Morgan fingerprint density at radius 3 is 2.66 bits per heavy atom. The lowest BCUT2D eigenvalue weighted by molar-refractivity contribution is 0.0402. The standard InChI is InChI=1S/C24H38N2O5S/c1-5-6-20-7-8-24-22(13-20)31-23(16-25(4)15-21-9-11-30-12-10-21)18(2)14-26(19(3)17-27)32(24,28)29/h5-8,13,18-19,21,23,27H,9-12,14-17H2,1-4H3/t18-,19-,23+/m1/s1. The van der Waals surface area contributed by atoms with Crippen LogP contribution in [-0.4, -0.2) is 81.4 Å². The van der Waals surface area contributed by atoms with E-state index in [1.165, 1.54) is 4.31 Å². The van der Waals surface area contributed by atoms with E-state index >= 15 is 0 Å². The van der Waals surface area contributed by atoms with Gasteiger partial charge in [0.05, 0.1) is 6.61 Å². The third kappa shape index (κ3) is 5.91. The molecule has 0 saturated carbocycles. The molecular weight excluding hydrogens is 428 g/mol. The van der Waals surface area contributed by atoms with Gasteiger partial charge in [0.1, 0.15) is 16.7 Å². The van der Waals surface area contributed by atoms with Gasteiger partial charge in [-0.15, -0.1) is 0 Å². The van der Waals surface area contributed by atoms with Gasteiger partial charge in [-0.1, -0.05) is 25.1 Å². The molecule has 3 atom stereocenters. The average Bonchev–Trinajstić information content (AvgIpc) is 2.76. The Morgan fingerprint density at radius 2 is 2.00 bits per heavy atom. The van der Waals surface area contributed by atoms with E-state index < -0.39 is 16.1 Å². The minimum absolute atomic E-state index is 0.0468. The SMILES string of the molecule is CC=Cc1ccc2c(c1)O[C@@H](CN(C)CC1CCOCC1)[C@H](C)CN([C@H](C)CO)S2(=O)=O. The fourth-order valence-electron chi connectivity index (χ4n) is 4.51. The molecule has 2 heterocycles. The van der Waals surface area contributed by atoms with Gasteiger partial charge in [0.15, 0.2) is 0 Å². The van der Waals surface area contributed by atoms with Gasteiger partial charge in [-0.3, -0.25) is 0 Å². The van der Waals surface area contributed by atoms with E-state index in [0.29, 0.717) is 24.8 Å². The molecule has 1 saturated heterocycles. The van der Waals surface area contributed by atoms with E-state index in [1.807, 2.05) is 26.0 Å². The van der Waals surface area contributed by atoms with Crippen LogP contribution in [0.1, 0.15) is 39.2 Å². The summed E-state index contributed by atoms with van der Waals surface area (Å²) in [6.07, 6.45) is 5.81.